The maximum atomic E-state index is 14.5. The van der Waals surface area contributed by atoms with E-state index in [-0.39, 0.29) is 22.7 Å². The third kappa shape index (κ3) is 6.07. The summed E-state index contributed by atoms with van der Waals surface area (Å²) < 4.78 is 14.5. The van der Waals surface area contributed by atoms with E-state index in [1.54, 1.807) is 23.1 Å². The number of hydrogen-bond acceptors (Lipinski definition) is 4. The summed E-state index contributed by atoms with van der Waals surface area (Å²) in [5, 5.41) is 14.3. The molecule has 3 N–H and O–H groups in total. The fourth-order valence-corrected chi connectivity index (χ4v) is 3.83. The minimum atomic E-state index is -0.959. The SMILES string of the molecule is O=C(NCC1CC1)Nc1ccc(C(=O)N2CCN(Cc3cccc(C(=O)O)c3)CC2)cc1F. The molecule has 33 heavy (non-hydrogen) atoms. The Bertz CT molecular complexity index is 1050. The summed E-state index contributed by atoms with van der Waals surface area (Å²) in [6, 6.07) is 10.5. The largest absolute Gasteiger partial charge is 0.478 e. The number of aromatic carboxylic acids is 1. The summed E-state index contributed by atoms with van der Waals surface area (Å²) in [6.45, 7) is 3.42. The minimum Gasteiger partial charge on any atom is -0.478 e. The maximum Gasteiger partial charge on any atom is 0.335 e. The molecule has 1 saturated heterocycles. The molecule has 0 bridgehead atoms. The zero-order valence-electron chi connectivity index (χ0n) is 18.2. The van der Waals surface area contributed by atoms with Crippen molar-refractivity contribution in [1.29, 1.82) is 0 Å². The molecule has 2 aromatic rings. The zero-order valence-corrected chi connectivity index (χ0v) is 18.2. The van der Waals surface area contributed by atoms with Crippen molar-refractivity contribution in [2.75, 3.05) is 38.0 Å². The van der Waals surface area contributed by atoms with Gasteiger partial charge < -0.3 is 20.6 Å². The molecule has 2 aliphatic rings. The molecule has 0 atom stereocenters. The van der Waals surface area contributed by atoms with Gasteiger partial charge >= 0.3 is 12.0 Å². The van der Waals surface area contributed by atoms with E-state index in [9.17, 15) is 18.8 Å². The average molecular weight is 455 g/mol. The number of rotatable bonds is 7. The number of amides is 3. The van der Waals surface area contributed by atoms with Crippen molar-refractivity contribution in [3.8, 4) is 0 Å². The van der Waals surface area contributed by atoms with Gasteiger partial charge in [-0.2, -0.15) is 0 Å². The molecule has 1 aliphatic carbocycles. The second kappa shape index (κ2) is 9.99. The van der Waals surface area contributed by atoms with Crippen LogP contribution in [0.4, 0.5) is 14.9 Å². The number of anilines is 1. The van der Waals surface area contributed by atoms with E-state index >= 15 is 0 Å². The van der Waals surface area contributed by atoms with Crippen LogP contribution in [0.3, 0.4) is 0 Å². The van der Waals surface area contributed by atoms with E-state index in [4.69, 9.17) is 5.11 Å². The molecule has 1 heterocycles. The monoisotopic (exact) mass is 454 g/mol. The van der Waals surface area contributed by atoms with Crippen molar-refractivity contribution in [3.05, 3.63) is 65.0 Å². The lowest BCUT2D eigenvalue weighted by Gasteiger charge is -2.34. The van der Waals surface area contributed by atoms with Gasteiger partial charge in [-0.05, 0) is 54.7 Å². The topological polar surface area (TPSA) is 102 Å². The molecule has 9 heteroatoms. The van der Waals surface area contributed by atoms with Crippen molar-refractivity contribution in [2.45, 2.75) is 19.4 Å². The first-order valence-electron chi connectivity index (χ1n) is 11.1. The van der Waals surface area contributed by atoms with Gasteiger partial charge in [0.1, 0.15) is 5.82 Å². The van der Waals surface area contributed by atoms with E-state index in [0.717, 1.165) is 24.5 Å². The van der Waals surface area contributed by atoms with Crippen LogP contribution in [0.5, 0.6) is 0 Å². The van der Waals surface area contributed by atoms with Crippen LogP contribution in [0.25, 0.3) is 0 Å². The van der Waals surface area contributed by atoms with E-state index in [1.165, 1.54) is 12.1 Å². The molecule has 2 aromatic carbocycles. The van der Waals surface area contributed by atoms with Crippen molar-refractivity contribution in [1.82, 2.24) is 15.1 Å². The first kappa shape index (κ1) is 22.7. The molecule has 8 nitrogen and oxygen atoms in total. The number of carboxylic acid groups (broad SMARTS) is 1. The second-order valence-electron chi connectivity index (χ2n) is 8.55. The highest BCUT2D eigenvalue weighted by atomic mass is 19.1. The third-order valence-corrected chi connectivity index (χ3v) is 5.95. The Labute approximate surface area is 191 Å². The third-order valence-electron chi connectivity index (χ3n) is 5.95. The minimum absolute atomic E-state index is 0.0354. The number of benzene rings is 2. The number of carbonyl (C=O) groups excluding carboxylic acids is 2. The fourth-order valence-electron chi connectivity index (χ4n) is 3.83. The van der Waals surface area contributed by atoms with Crippen molar-refractivity contribution in [2.24, 2.45) is 5.92 Å². The smallest absolute Gasteiger partial charge is 0.335 e. The van der Waals surface area contributed by atoms with E-state index in [2.05, 4.69) is 15.5 Å². The summed E-state index contributed by atoms with van der Waals surface area (Å²) in [7, 11) is 0. The number of hydrogen-bond donors (Lipinski definition) is 3. The first-order chi connectivity index (χ1) is 15.9. The lowest BCUT2D eigenvalue weighted by molar-refractivity contribution is 0.0625. The van der Waals surface area contributed by atoms with Crippen molar-refractivity contribution in [3.63, 3.8) is 0 Å². The standard InChI is InChI=1S/C24H27FN4O4/c25-20-13-18(6-7-21(20)27-24(33)26-14-16-4-5-16)22(30)29-10-8-28(9-11-29)15-17-2-1-3-19(12-17)23(31)32/h1-3,6-7,12-13,16H,4-5,8-11,14-15H2,(H,31,32)(H2,26,27,33). The molecule has 3 amide bonds. The van der Waals surface area contributed by atoms with Gasteiger partial charge in [-0.1, -0.05) is 12.1 Å². The molecule has 0 aromatic heterocycles. The number of halogens is 1. The summed E-state index contributed by atoms with van der Waals surface area (Å²) in [5.41, 5.74) is 1.43. The lowest BCUT2D eigenvalue weighted by Crippen LogP contribution is -2.48. The van der Waals surface area contributed by atoms with Crippen LogP contribution >= 0.6 is 0 Å². The van der Waals surface area contributed by atoms with Crippen LogP contribution in [-0.4, -0.2) is 65.5 Å². The Hall–Kier alpha value is -3.46. The Balaban J connectivity index is 1.29. The quantitative estimate of drug-likeness (QED) is 0.597. The molecular formula is C24H27FN4O4. The summed E-state index contributed by atoms with van der Waals surface area (Å²) in [6.07, 6.45) is 2.22. The Kier molecular flexibility index (Phi) is 6.88. The number of nitrogens with one attached hydrogen (secondary N) is 2. The number of nitrogens with zero attached hydrogens (tertiary/aromatic N) is 2. The normalized spacial score (nSPS) is 16.3. The van der Waals surface area contributed by atoms with Crippen LogP contribution in [-0.2, 0) is 6.54 Å². The van der Waals surface area contributed by atoms with E-state index < -0.39 is 17.8 Å². The average Bonchev–Trinajstić information content (AvgIpc) is 3.64. The molecule has 0 unspecified atom stereocenters. The highest BCUT2D eigenvalue weighted by Crippen LogP contribution is 2.27. The number of urea groups is 1. The molecule has 1 saturated carbocycles. The van der Waals surface area contributed by atoms with E-state index in [0.29, 0.717) is 45.2 Å². The Morgan fingerprint density at radius 1 is 1.00 bits per heavy atom. The number of carbonyl (C=O) groups is 3. The number of carboxylic acids is 1. The highest BCUT2D eigenvalue weighted by Gasteiger charge is 2.24. The molecule has 4 rings (SSSR count). The van der Waals surface area contributed by atoms with Gasteiger partial charge in [-0.25, -0.2) is 14.0 Å². The summed E-state index contributed by atoms with van der Waals surface area (Å²) in [4.78, 5) is 39.7. The van der Waals surface area contributed by atoms with Crippen LogP contribution < -0.4 is 10.6 Å². The Morgan fingerprint density at radius 3 is 2.42 bits per heavy atom. The summed E-state index contributed by atoms with van der Waals surface area (Å²) in [5.74, 6) is -1.35. The molecular weight excluding hydrogens is 427 g/mol. The molecule has 2 fully saturated rings. The fraction of sp³-hybridized carbons (Fsp3) is 0.375. The van der Waals surface area contributed by atoms with Crippen LogP contribution in [0.15, 0.2) is 42.5 Å². The number of piperazine rings is 1. The lowest BCUT2D eigenvalue weighted by atomic mass is 10.1. The zero-order chi connectivity index (χ0) is 23.4. The van der Waals surface area contributed by atoms with Gasteiger partial charge in [0.2, 0.25) is 0 Å². The summed E-state index contributed by atoms with van der Waals surface area (Å²) >= 11 is 0. The highest BCUT2D eigenvalue weighted by molar-refractivity contribution is 5.95. The Morgan fingerprint density at radius 2 is 1.76 bits per heavy atom. The van der Waals surface area contributed by atoms with Gasteiger partial charge in [-0.3, -0.25) is 9.69 Å². The molecule has 1 aliphatic heterocycles. The van der Waals surface area contributed by atoms with Crippen LogP contribution in [0, 0.1) is 11.7 Å². The van der Waals surface area contributed by atoms with Crippen molar-refractivity contribution < 1.29 is 23.9 Å². The molecule has 174 valence electrons. The maximum absolute atomic E-state index is 14.5. The molecule has 0 spiro atoms. The predicted octanol–water partition coefficient (Wildman–Crippen LogP) is 3.01. The molecule has 0 radical (unpaired) electrons. The van der Waals surface area contributed by atoms with Crippen LogP contribution in [0.2, 0.25) is 0 Å². The first-order valence-corrected chi connectivity index (χ1v) is 11.1. The predicted molar refractivity (Wildman–Crippen MR) is 121 cm³/mol. The van der Waals surface area contributed by atoms with E-state index in [1.807, 2.05) is 6.07 Å². The van der Waals surface area contributed by atoms with Gasteiger partial charge in [0, 0.05) is 44.8 Å². The van der Waals surface area contributed by atoms with Gasteiger partial charge in [0.05, 0.1) is 11.3 Å². The van der Waals surface area contributed by atoms with Crippen LogP contribution in [0.1, 0.15) is 39.1 Å². The second-order valence-corrected chi connectivity index (χ2v) is 8.55. The van der Waals surface area contributed by atoms with Gasteiger partial charge in [-0.15, -0.1) is 0 Å². The van der Waals surface area contributed by atoms with Gasteiger partial charge in [0.15, 0.2) is 0 Å². The van der Waals surface area contributed by atoms with Crippen molar-refractivity contribution >= 4 is 23.6 Å². The van der Waals surface area contributed by atoms with Gasteiger partial charge in [0.25, 0.3) is 5.91 Å².